The zero-order valence-corrected chi connectivity index (χ0v) is 50.8. The van der Waals surface area contributed by atoms with Crippen molar-refractivity contribution in [2.45, 2.75) is 354 Å². The molecule has 1 unspecified atom stereocenters. The fourth-order valence-corrected chi connectivity index (χ4v) is 9.81. The molecule has 0 amide bonds. The van der Waals surface area contributed by atoms with Crippen molar-refractivity contribution in [1.29, 1.82) is 0 Å². The number of ether oxygens (including phenoxy) is 3. The summed E-state index contributed by atoms with van der Waals surface area (Å²) in [4.78, 5) is 38.1. The van der Waals surface area contributed by atoms with Crippen molar-refractivity contribution >= 4 is 17.9 Å². The van der Waals surface area contributed by atoms with E-state index in [2.05, 4.69) is 75.5 Å². The Labute approximate surface area is 472 Å². The van der Waals surface area contributed by atoms with E-state index in [1.807, 2.05) is 6.08 Å². The fourth-order valence-electron chi connectivity index (χ4n) is 9.81. The maximum absolute atomic E-state index is 12.8. The predicted molar refractivity (Wildman–Crippen MR) is 330 cm³/mol. The van der Waals surface area contributed by atoms with Crippen LogP contribution in [0, 0.1) is 0 Å². The van der Waals surface area contributed by atoms with Crippen LogP contribution >= 0.6 is 0 Å². The number of unbranched alkanes of at least 4 members (excludes halogenated alkanes) is 40. The van der Waals surface area contributed by atoms with Crippen LogP contribution in [0.5, 0.6) is 0 Å². The number of hydrogen-bond donors (Lipinski definition) is 0. The van der Waals surface area contributed by atoms with Gasteiger partial charge in [0.1, 0.15) is 13.2 Å². The van der Waals surface area contributed by atoms with Gasteiger partial charge in [0, 0.05) is 19.3 Å². The number of rotatable bonds is 61. The molecule has 0 radical (unpaired) electrons. The number of hydrogen-bond acceptors (Lipinski definition) is 6. The molecule has 0 saturated carbocycles. The second kappa shape index (κ2) is 64.6. The second-order valence-electron chi connectivity index (χ2n) is 22.4. The second-order valence-corrected chi connectivity index (χ2v) is 22.4. The van der Waals surface area contributed by atoms with E-state index in [-0.39, 0.29) is 37.5 Å². The quantitative estimate of drug-likeness (QED) is 0.0261. The number of esters is 3. The Hall–Kier alpha value is -2.89. The molecule has 0 N–H and O–H groups in total. The molecule has 76 heavy (non-hydrogen) atoms. The summed E-state index contributed by atoms with van der Waals surface area (Å²) < 4.78 is 16.8. The van der Waals surface area contributed by atoms with Crippen LogP contribution in [0.25, 0.3) is 0 Å². The summed E-state index contributed by atoms with van der Waals surface area (Å²) >= 11 is 0. The van der Waals surface area contributed by atoms with Gasteiger partial charge in [0.2, 0.25) is 0 Å². The van der Waals surface area contributed by atoms with E-state index in [4.69, 9.17) is 14.2 Å². The Kier molecular flexibility index (Phi) is 62.2. The zero-order valence-electron chi connectivity index (χ0n) is 50.8. The molecule has 1 atom stereocenters. The van der Waals surface area contributed by atoms with E-state index in [9.17, 15) is 14.4 Å². The molecule has 442 valence electrons. The first-order valence-electron chi connectivity index (χ1n) is 33.3. The van der Waals surface area contributed by atoms with E-state index in [1.54, 1.807) is 0 Å². The van der Waals surface area contributed by atoms with Crippen molar-refractivity contribution in [3.8, 4) is 0 Å². The van der Waals surface area contributed by atoms with Crippen molar-refractivity contribution in [3.63, 3.8) is 0 Å². The van der Waals surface area contributed by atoms with E-state index < -0.39 is 6.10 Å². The van der Waals surface area contributed by atoms with Gasteiger partial charge in [0.05, 0.1) is 0 Å². The average Bonchev–Trinajstić information content (AvgIpc) is 3.42. The Morgan fingerprint density at radius 1 is 0.276 bits per heavy atom. The molecule has 0 bridgehead atoms. The van der Waals surface area contributed by atoms with Gasteiger partial charge in [-0.1, -0.05) is 319 Å². The summed E-state index contributed by atoms with van der Waals surface area (Å²) in [5.74, 6) is -0.965. The summed E-state index contributed by atoms with van der Waals surface area (Å²) in [5, 5.41) is 0. The topological polar surface area (TPSA) is 78.9 Å². The number of carbonyl (C=O) groups excluding carboxylic acids is 3. The molecule has 6 heteroatoms. The lowest BCUT2D eigenvalue weighted by Crippen LogP contribution is -2.30. The highest BCUT2D eigenvalue weighted by Crippen LogP contribution is 2.18. The third kappa shape index (κ3) is 62.0. The molecule has 0 aromatic rings. The van der Waals surface area contributed by atoms with E-state index in [1.165, 1.54) is 238 Å². The minimum atomic E-state index is -0.809. The van der Waals surface area contributed by atoms with Gasteiger partial charge in [-0.25, -0.2) is 0 Å². The summed E-state index contributed by atoms with van der Waals surface area (Å²) in [6.45, 7) is 6.50. The minimum Gasteiger partial charge on any atom is -0.462 e. The third-order valence-electron chi connectivity index (χ3n) is 14.8. The fraction of sp³-hybridized carbons (Fsp3) is 0.814. The molecular formula is C70H126O6. The monoisotopic (exact) mass is 1060 g/mol. The Morgan fingerprint density at radius 3 is 0.855 bits per heavy atom. The van der Waals surface area contributed by atoms with Gasteiger partial charge in [0.15, 0.2) is 6.10 Å². The SMILES string of the molecule is CC/C=C\C/C=C\C/C=C\C/C=C\CCC(=O)OC(COC(=O)CCCCCCCCCCCCCC)COC(=O)CCCCCCCCCCCCCCCCCCCCCCC/C=C\CCCCCCCCCC. The molecule has 0 saturated heterocycles. The lowest BCUT2D eigenvalue weighted by molar-refractivity contribution is -0.166. The lowest BCUT2D eigenvalue weighted by Gasteiger charge is -2.18. The number of carbonyl (C=O) groups is 3. The van der Waals surface area contributed by atoms with Crippen LogP contribution in [0.4, 0.5) is 0 Å². The van der Waals surface area contributed by atoms with Crippen LogP contribution in [0.15, 0.2) is 60.8 Å². The van der Waals surface area contributed by atoms with E-state index >= 15 is 0 Å². The van der Waals surface area contributed by atoms with Crippen LogP contribution in [0.2, 0.25) is 0 Å². The zero-order chi connectivity index (χ0) is 55.0. The van der Waals surface area contributed by atoms with E-state index in [0.717, 1.165) is 64.2 Å². The lowest BCUT2D eigenvalue weighted by atomic mass is 10.0. The van der Waals surface area contributed by atoms with Crippen LogP contribution in [-0.2, 0) is 28.6 Å². The molecule has 0 aliphatic heterocycles. The molecule has 0 aliphatic carbocycles. The van der Waals surface area contributed by atoms with Crippen LogP contribution in [-0.4, -0.2) is 37.2 Å². The van der Waals surface area contributed by atoms with Gasteiger partial charge >= 0.3 is 17.9 Å². The van der Waals surface area contributed by atoms with Gasteiger partial charge in [-0.2, -0.15) is 0 Å². The molecule has 0 aromatic heterocycles. The maximum atomic E-state index is 12.8. The van der Waals surface area contributed by atoms with Crippen molar-refractivity contribution in [1.82, 2.24) is 0 Å². The summed E-state index contributed by atoms with van der Waals surface area (Å²) in [6.07, 6.45) is 82.9. The van der Waals surface area contributed by atoms with Gasteiger partial charge < -0.3 is 14.2 Å². The molecular weight excluding hydrogens is 937 g/mol. The Morgan fingerprint density at radius 2 is 0.539 bits per heavy atom. The highest BCUT2D eigenvalue weighted by molar-refractivity contribution is 5.71. The Bertz CT molecular complexity index is 1360. The van der Waals surface area contributed by atoms with Crippen LogP contribution < -0.4 is 0 Å². The van der Waals surface area contributed by atoms with Gasteiger partial charge in [0.25, 0.3) is 0 Å². The minimum absolute atomic E-state index is 0.0985. The summed E-state index contributed by atoms with van der Waals surface area (Å²) in [6, 6.07) is 0. The molecule has 6 nitrogen and oxygen atoms in total. The van der Waals surface area contributed by atoms with Gasteiger partial charge in [-0.3, -0.25) is 14.4 Å². The molecule has 0 rings (SSSR count). The molecule has 0 fully saturated rings. The first kappa shape index (κ1) is 73.1. The Balaban J connectivity index is 4.07. The molecule has 0 aliphatic rings. The molecule has 0 heterocycles. The number of allylic oxidation sites excluding steroid dienone is 10. The third-order valence-corrected chi connectivity index (χ3v) is 14.8. The van der Waals surface area contributed by atoms with Crippen molar-refractivity contribution < 1.29 is 28.6 Å². The van der Waals surface area contributed by atoms with Crippen molar-refractivity contribution in [3.05, 3.63) is 60.8 Å². The van der Waals surface area contributed by atoms with Crippen LogP contribution in [0.3, 0.4) is 0 Å². The maximum Gasteiger partial charge on any atom is 0.306 e. The highest BCUT2D eigenvalue weighted by Gasteiger charge is 2.19. The first-order chi connectivity index (χ1) is 37.5. The molecule has 0 spiro atoms. The van der Waals surface area contributed by atoms with E-state index in [0.29, 0.717) is 19.3 Å². The highest BCUT2D eigenvalue weighted by atomic mass is 16.6. The summed E-state index contributed by atoms with van der Waals surface area (Å²) in [7, 11) is 0. The largest absolute Gasteiger partial charge is 0.462 e. The molecule has 0 aromatic carbocycles. The smallest absolute Gasteiger partial charge is 0.306 e. The standard InChI is InChI=1S/C70H126O6/c1-4-7-10-13-16-19-22-25-26-27-28-29-30-31-32-33-34-35-36-37-38-39-40-41-42-43-44-46-48-51-54-57-60-63-69(72)75-66-67(65-74-68(71)62-59-56-53-50-47-24-21-18-15-12-9-6-3)76-70(73)64-61-58-55-52-49-45-23-20-17-14-11-8-5-2/h8,11,17,20,27-28,45,49,55,58,67H,4-7,9-10,12-16,18-19,21-26,29-44,46-48,50-54,56-57,59-66H2,1-3H3/b11-8-,20-17-,28-27-,49-45-,58-55-. The van der Waals surface area contributed by atoms with Crippen molar-refractivity contribution in [2.24, 2.45) is 0 Å². The van der Waals surface area contributed by atoms with Crippen molar-refractivity contribution in [2.75, 3.05) is 13.2 Å². The predicted octanol–water partition coefficient (Wildman–Crippen LogP) is 22.7. The van der Waals surface area contributed by atoms with Crippen LogP contribution in [0.1, 0.15) is 348 Å². The normalized spacial score (nSPS) is 12.4. The van der Waals surface area contributed by atoms with Gasteiger partial charge in [-0.05, 0) is 70.6 Å². The van der Waals surface area contributed by atoms with Gasteiger partial charge in [-0.15, -0.1) is 0 Å². The first-order valence-corrected chi connectivity index (χ1v) is 33.3. The average molecular weight is 1060 g/mol. The summed E-state index contributed by atoms with van der Waals surface area (Å²) in [5.41, 5.74) is 0.